The number of hydrogen-bond acceptors (Lipinski definition) is 8. The van der Waals surface area contributed by atoms with Crippen LogP contribution >= 0.6 is 31.9 Å². The Bertz CT molecular complexity index is 1400. The van der Waals surface area contributed by atoms with Gasteiger partial charge in [-0.05, 0) is 60.5 Å². The highest BCUT2D eigenvalue weighted by Crippen LogP contribution is 2.36. The number of ether oxygens (including phenoxy) is 2. The summed E-state index contributed by atoms with van der Waals surface area (Å²) in [5, 5.41) is 16.4. The number of nitro benzene ring substituents is 1. The fourth-order valence-corrected chi connectivity index (χ4v) is 4.23. The Morgan fingerprint density at radius 3 is 2.61 bits per heavy atom. The third-order valence-corrected chi connectivity index (χ3v) is 6.24. The smallest absolute Gasteiger partial charge is 0.344 e. The molecule has 0 aliphatic rings. The van der Waals surface area contributed by atoms with E-state index in [-0.39, 0.29) is 33.5 Å². The number of halogens is 2. The Hall–Kier alpha value is -3.12. The van der Waals surface area contributed by atoms with Crippen molar-refractivity contribution in [1.29, 1.82) is 0 Å². The van der Waals surface area contributed by atoms with E-state index in [9.17, 15) is 19.7 Å². The molecule has 12 heteroatoms. The fraction of sp³-hybridized carbons (Fsp3) is 0.333. The van der Waals surface area contributed by atoms with Gasteiger partial charge in [0.25, 0.3) is 5.56 Å². The molecule has 3 aromatic rings. The fourth-order valence-electron chi connectivity index (χ4n) is 3.28. The van der Waals surface area contributed by atoms with E-state index in [1.165, 1.54) is 17.0 Å². The molecule has 0 unspecified atom stereocenters. The van der Waals surface area contributed by atoms with Crippen LogP contribution in [0.1, 0.15) is 51.4 Å². The van der Waals surface area contributed by atoms with Crippen LogP contribution in [0.25, 0.3) is 10.9 Å². The number of nitrogens with zero attached hydrogens (tertiary/aromatic N) is 4. The van der Waals surface area contributed by atoms with Gasteiger partial charge in [-0.2, -0.15) is 9.78 Å². The van der Waals surface area contributed by atoms with Crippen molar-refractivity contribution in [2.75, 3.05) is 6.61 Å². The van der Waals surface area contributed by atoms with Gasteiger partial charge in [-0.15, -0.1) is 0 Å². The number of fused-ring (bicyclic) bond motifs is 1. The molecular weight excluding hydrogens is 600 g/mol. The topological polar surface area (TPSA) is 126 Å². The van der Waals surface area contributed by atoms with Crippen molar-refractivity contribution in [3.63, 3.8) is 0 Å². The van der Waals surface area contributed by atoms with Crippen LogP contribution in [0.15, 0.2) is 49.2 Å². The van der Waals surface area contributed by atoms with Gasteiger partial charge in [0.05, 0.1) is 32.6 Å². The van der Waals surface area contributed by atoms with Crippen molar-refractivity contribution in [1.82, 2.24) is 9.66 Å². The van der Waals surface area contributed by atoms with E-state index < -0.39 is 17.5 Å². The highest BCUT2D eigenvalue weighted by molar-refractivity contribution is 9.10. The van der Waals surface area contributed by atoms with Gasteiger partial charge in [-0.1, -0.05) is 29.8 Å². The van der Waals surface area contributed by atoms with E-state index in [1.807, 2.05) is 19.9 Å². The first-order chi connectivity index (χ1) is 17.0. The third kappa shape index (κ3) is 6.35. The third-order valence-electron chi connectivity index (χ3n) is 5.15. The Balaban J connectivity index is 2.04. The van der Waals surface area contributed by atoms with Crippen LogP contribution in [0.2, 0.25) is 0 Å². The van der Waals surface area contributed by atoms with Gasteiger partial charge in [0.15, 0.2) is 6.61 Å². The molecule has 0 amide bonds. The molecule has 2 aromatic carbocycles. The zero-order valence-corrected chi connectivity index (χ0v) is 23.2. The van der Waals surface area contributed by atoms with Crippen LogP contribution in [-0.4, -0.2) is 39.5 Å². The number of aromatic nitrogens is 2. The van der Waals surface area contributed by atoms with Gasteiger partial charge in [-0.25, -0.2) is 9.78 Å². The predicted molar refractivity (Wildman–Crippen MR) is 143 cm³/mol. The highest BCUT2D eigenvalue weighted by Gasteiger charge is 2.22. The minimum atomic E-state index is -0.649. The molecule has 10 nitrogen and oxygen atoms in total. The first-order valence-corrected chi connectivity index (χ1v) is 12.7. The molecule has 1 aromatic heterocycles. The van der Waals surface area contributed by atoms with Crippen molar-refractivity contribution < 1.29 is 19.2 Å². The maximum atomic E-state index is 13.3. The Labute approximate surface area is 223 Å². The van der Waals surface area contributed by atoms with Gasteiger partial charge in [0.1, 0.15) is 5.82 Å². The van der Waals surface area contributed by atoms with Crippen molar-refractivity contribution >= 4 is 60.6 Å². The number of carbonyl (C=O) groups excluding carboxylic acids is 1. The molecule has 0 bridgehead atoms. The van der Waals surface area contributed by atoms with E-state index in [1.54, 1.807) is 32.0 Å². The standard InChI is InChI=1S/C24H24Br2N4O6/c1-5-14(4)23-28-19-7-6-16(25)10-17(19)24(32)29(23)27-11-15-8-18(26)22(20(9-15)30(33)34)35-12-21(31)36-13(2)3/h6-11,13-14H,5,12H2,1-4H3/t14-/m1/s1. The molecule has 0 saturated carbocycles. The number of benzene rings is 2. The van der Waals surface area contributed by atoms with Crippen LogP contribution in [0.3, 0.4) is 0 Å². The molecule has 0 fully saturated rings. The molecule has 36 heavy (non-hydrogen) atoms. The lowest BCUT2D eigenvalue weighted by atomic mass is 10.1. The number of nitro groups is 1. The Morgan fingerprint density at radius 2 is 1.97 bits per heavy atom. The minimum absolute atomic E-state index is 0.0645. The van der Waals surface area contributed by atoms with Gasteiger partial charge >= 0.3 is 11.7 Å². The zero-order chi connectivity index (χ0) is 26.6. The quantitative estimate of drug-likeness (QED) is 0.132. The van der Waals surface area contributed by atoms with Gasteiger partial charge in [-0.3, -0.25) is 14.9 Å². The second-order valence-corrected chi connectivity index (χ2v) is 10.0. The monoisotopic (exact) mass is 622 g/mol. The van der Waals surface area contributed by atoms with Crippen LogP contribution in [0, 0.1) is 10.1 Å². The maximum absolute atomic E-state index is 13.3. The Kier molecular flexibility index (Phi) is 8.96. The summed E-state index contributed by atoms with van der Waals surface area (Å²) >= 11 is 6.64. The van der Waals surface area contributed by atoms with E-state index in [0.29, 0.717) is 22.3 Å². The normalized spacial score (nSPS) is 12.3. The van der Waals surface area contributed by atoms with E-state index in [4.69, 9.17) is 9.47 Å². The number of esters is 1. The average molecular weight is 624 g/mol. The number of hydrogen-bond donors (Lipinski definition) is 0. The molecule has 1 atom stereocenters. The van der Waals surface area contributed by atoms with E-state index in [2.05, 4.69) is 41.9 Å². The van der Waals surface area contributed by atoms with Crippen LogP contribution < -0.4 is 10.3 Å². The Morgan fingerprint density at radius 1 is 1.25 bits per heavy atom. The molecule has 0 aliphatic heterocycles. The summed E-state index contributed by atoms with van der Waals surface area (Å²) in [6, 6.07) is 8.03. The summed E-state index contributed by atoms with van der Waals surface area (Å²) in [4.78, 5) is 40.8. The van der Waals surface area contributed by atoms with Crippen molar-refractivity contribution in [3.8, 4) is 5.75 Å². The molecule has 1 heterocycles. The lowest BCUT2D eigenvalue weighted by molar-refractivity contribution is -0.385. The van der Waals surface area contributed by atoms with Crippen LogP contribution in [0.5, 0.6) is 5.75 Å². The average Bonchev–Trinajstić information content (AvgIpc) is 2.81. The lowest BCUT2D eigenvalue weighted by Crippen LogP contribution is -2.23. The number of rotatable bonds is 9. The second kappa shape index (κ2) is 11.7. The summed E-state index contributed by atoms with van der Waals surface area (Å²) in [6.07, 6.45) is 1.73. The van der Waals surface area contributed by atoms with Crippen LogP contribution in [0.4, 0.5) is 5.69 Å². The summed E-state index contributed by atoms with van der Waals surface area (Å²) < 4.78 is 12.6. The minimum Gasteiger partial charge on any atom is -0.474 e. The zero-order valence-electron chi connectivity index (χ0n) is 20.0. The second-order valence-electron chi connectivity index (χ2n) is 8.24. The molecule has 3 rings (SSSR count). The summed E-state index contributed by atoms with van der Waals surface area (Å²) in [7, 11) is 0. The first-order valence-electron chi connectivity index (χ1n) is 11.1. The molecule has 0 saturated heterocycles. The summed E-state index contributed by atoms with van der Waals surface area (Å²) in [6.45, 7) is 6.80. The molecule has 0 spiro atoms. The van der Waals surface area contributed by atoms with Crippen molar-refractivity contribution in [3.05, 3.63) is 71.1 Å². The molecule has 190 valence electrons. The van der Waals surface area contributed by atoms with Crippen LogP contribution in [-0.2, 0) is 9.53 Å². The first kappa shape index (κ1) is 27.5. The number of carbonyl (C=O) groups is 1. The van der Waals surface area contributed by atoms with Crippen molar-refractivity contribution in [2.45, 2.75) is 46.1 Å². The molecule has 0 aliphatic carbocycles. The maximum Gasteiger partial charge on any atom is 0.344 e. The molecule has 0 N–H and O–H groups in total. The largest absolute Gasteiger partial charge is 0.474 e. The summed E-state index contributed by atoms with van der Waals surface area (Å²) in [5.41, 5.74) is 0.158. The van der Waals surface area contributed by atoms with Gasteiger partial charge in [0.2, 0.25) is 5.75 Å². The predicted octanol–water partition coefficient (Wildman–Crippen LogP) is 5.56. The molecule has 0 radical (unpaired) electrons. The van der Waals surface area contributed by atoms with Gasteiger partial charge < -0.3 is 9.47 Å². The summed E-state index contributed by atoms with van der Waals surface area (Å²) in [5.74, 6) is -0.354. The van der Waals surface area contributed by atoms with E-state index >= 15 is 0 Å². The SMILES string of the molecule is CC[C@@H](C)c1nc2ccc(Br)cc2c(=O)n1N=Cc1cc(Br)c(OCC(=O)OC(C)C)c([N+](=O)[O-])c1. The molecular formula is C24H24Br2N4O6. The lowest BCUT2D eigenvalue weighted by Gasteiger charge is -2.14. The van der Waals surface area contributed by atoms with Gasteiger partial charge in [0, 0.05) is 22.0 Å². The van der Waals surface area contributed by atoms with E-state index in [0.717, 1.165) is 10.9 Å². The highest BCUT2D eigenvalue weighted by atomic mass is 79.9. The van der Waals surface area contributed by atoms with Crippen molar-refractivity contribution in [2.24, 2.45) is 5.10 Å².